The molecular formula is C22H30Cl2N4O2. The second-order valence-corrected chi connectivity index (χ2v) is 6.78. The lowest BCUT2D eigenvalue weighted by molar-refractivity contribution is 0.139. The molecule has 1 heterocycles. The summed E-state index contributed by atoms with van der Waals surface area (Å²) in [6.45, 7) is 2.68. The number of alkyl carbamates (subject to hydrolysis) is 1. The van der Waals surface area contributed by atoms with Crippen molar-refractivity contribution in [1.29, 1.82) is 0 Å². The molecule has 0 unspecified atom stereocenters. The largest absolute Gasteiger partial charge is 0.445 e. The highest BCUT2D eigenvalue weighted by Gasteiger charge is 2.02. The number of amides is 1. The summed E-state index contributed by atoms with van der Waals surface area (Å²) < 4.78 is 5.18. The van der Waals surface area contributed by atoms with Gasteiger partial charge in [-0.1, -0.05) is 55.3 Å². The summed E-state index contributed by atoms with van der Waals surface area (Å²) in [5.41, 5.74) is 3.08. The zero-order valence-electron chi connectivity index (χ0n) is 16.9. The third-order valence-electron chi connectivity index (χ3n) is 4.49. The fraction of sp³-hybridized carbons (Fsp3) is 0.364. The van der Waals surface area contributed by atoms with Crippen LogP contribution in [0.25, 0.3) is 11.0 Å². The van der Waals surface area contributed by atoms with E-state index in [4.69, 9.17) is 4.74 Å². The quantitative estimate of drug-likeness (QED) is 0.358. The number of imidazole rings is 1. The molecule has 0 spiro atoms. The number of para-hydroxylation sites is 2. The van der Waals surface area contributed by atoms with Crippen LogP contribution in [0.2, 0.25) is 0 Å². The van der Waals surface area contributed by atoms with Crippen LogP contribution in [0.3, 0.4) is 0 Å². The van der Waals surface area contributed by atoms with Gasteiger partial charge in [-0.05, 0) is 37.1 Å². The van der Waals surface area contributed by atoms with Crippen molar-refractivity contribution in [3.8, 4) is 0 Å². The van der Waals surface area contributed by atoms with E-state index in [1.807, 2.05) is 54.6 Å². The van der Waals surface area contributed by atoms with Gasteiger partial charge in [-0.15, -0.1) is 24.8 Å². The van der Waals surface area contributed by atoms with Crippen molar-refractivity contribution in [2.45, 2.75) is 38.8 Å². The first-order chi connectivity index (χ1) is 13.8. The fourth-order valence-electron chi connectivity index (χ4n) is 2.99. The summed E-state index contributed by atoms with van der Waals surface area (Å²) in [7, 11) is 0. The van der Waals surface area contributed by atoms with Crippen LogP contribution >= 0.6 is 24.8 Å². The molecule has 3 aromatic rings. The number of hydrogen-bond acceptors (Lipinski definition) is 4. The highest BCUT2D eigenvalue weighted by Crippen LogP contribution is 2.10. The molecule has 3 N–H and O–H groups in total. The van der Waals surface area contributed by atoms with Gasteiger partial charge in [0.15, 0.2) is 0 Å². The van der Waals surface area contributed by atoms with Gasteiger partial charge in [-0.25, -0.2) is 9.78 Å². The van der Waals surface area contributed by atoms with E-state index >= 15 is 0 Å². The first-order valence-electron chi connectivity index (χ1n) is 9.90. The molecule has 30 heavy (non-hydrogen) atoms. The lowest BCUT2D eigenvalue weighted by atomic mass is 10.2. The van der Waals surface area contributed by atoms with Crippen molar-refractivity contribution in [2.75, 3.05) is 13.1 Å². The summed E-state index contributed by atoms with van der Waals surface area (Å²) in [4.78, 5) is 19.5. The average molecular weight is 453 g/mol. The first-order valence-corrected chi connectivity index (χ1v) is 9.90. The Morgan fingerprint density at radius 3 is 2.37 bits per heavy atom. The third kappa shape index (κ3) is 9.03. The molecule has 0 aliphatic rings. The molecule has 0 bridgehead atoms. The Hall–Kier alpha value is -2.28. The number of rotatable bonds is 11. The van der Waals surface area contributed by atoms with Crippen LogP contribution in [0.5, 0.6) is 0 Å². The summed E-state index contributed by atoms with van der Waals surface area (Å²) in [5, 5.41) is 6.22. The summed E-state index contributed by atoms with van der Waals surface area (Å²) >= 11 is 0. The summed E-state index contributed by atoms with van der Waals surface area (Å²) in [6.07, 6.45) is 3.94. The average Bonchev–Trinajstić information content (AvgIpc) is 3.14. The number of aromatic amines is 1. The predicted molar refractivity (Wildman–Crippen MR) is 125 cm³/mol. The van der Waals surface area contributed by atoms with Gasteiger partial charge in [0, 0.05) is 6.54 Å². The second kappa shape index (κ2) is 14.7. The van der Waals surface area contributed by atoms with Crippen molar-refractivity contribution < 1.29 is 9.53 Å². The number of nitrogens with one attached hydrogen (secondary N) is 3. The molecule has 3 rings (SSSR count). The lowest BCUT2D eigenvalue weighted by Gasteiger charge is -2.07. The van der Waals surface area contributed by atoms with Crippen LogP contribution in [0.4, 0.5) is 4.79 Å². The van der Waals surface area contributed by atoms with E-state index in [1.54, 1.807) is 0 Å². The number of carbonyl (C=O) groups excluding carboxylic acids is 1. The maximum absolute atomic E-state index is 11.6. The lowest BCUT2D eigenvalue weighted by Crippen LogP contribution is -2.25. The molecule has 1 amide bonds. The van der Waals surface area contributed by atoms with E-state index in [1.165, 1.54) is 0 Å². The van der Waals surface area contributed by atoms with Gasteiger partial charge in [0.25, 0.3) is 0 Å². The first kappa shape index (κ1) is 25.8. The Kier molecular flexibility index (Phi) is 12.6. The molecule has 0 saturated heterocycles. The van der Waals surface area contributed by atoms with E-state index in [0.29, 0.717) is 13.2 Å². The molecule has 1 aromatic heterocycles. The van der Waals surface area contributed by atoms with Crippen LogP contribution in [-0.4, -0.2) is 29.2 Å². The minimum Gasteiger partial charge on any atom is -0.445 e. The molecule has 164 valence electrons. The van der Waals surface area contributed by atoms with Crippen LogP contribution in [0.15, 0.2) is 54.6 Å². The third-order valence-corrected chi connectivity index (χ3v) is 4.49. The Bertz CT molecular complexity index is 825. The number of hydrogen-bond donors (Lipinski definition) is 3. The zero-order chi connectivity index (χ0) is 19.4. The minimum atomic E-state index is -0.351. The normalized spacial score (nSPS) is 10.1. The molecule has 0 atom stereocenters. The van der Waals surface area contributed by atoms with Crippen molar-refractivity contribution in [1.82, 2.24) is 20.6 Å². The van der Waals surface area contributed by atoms with Gasteiger partial charge in [0.1, 0.15) is 12.4 Å². The number of fused-ring (bicyclic) bond motifs is 1. The number of carbonyl (C=O) groups is 1. The van der Waals surface area contributed by atoms with Crippen molar-refractivity contribution in [3.63, 3.8) is 0 Å². The highest BCUT2D eigenvalue weighted by atomic mass is 35.5. The van der Waals surface area contributed by atoms with E-state index in [2.05, 4.69) is 20.6 Å². The number of aromatic nitrogens is 2. The van der Waals surface area contributed by atoms with Crippen LogP contribution < -0.4 is 10.6 Å². The number of unbranched alkanes of at least 4 members (excludes halogenated alkanes) is 3. The van der Waals surface area contributed by atoms with Gasteiger partial charge < -0.3 is 20.4 Å². The van der Waals surface area contributed by atoms with E-state index in [-0.39, 0.29) is 30.9 Å². The van der Waals surface area contributed by atoms with E-state index < -0.39 is 0 Å². The zero-order valence-corrected chi connectivity index (χ0v) is 18.6. The second-order valence-electron chi connectivity index (χ2n) is 6.78. The SMILES string of the molecule is Cl.Cl.O=C(NCCCCCCNCc1nc2ccccc2[nH]1)OCc1ccccc1. The molecule has 6 nitrogen and oxygen atoms in total. The molecule has 8 heteroatoms. The van der Waals surface area contributed by atoms with Gasteiger partial charge in [-0.2, -0.15) is 0 Å². The molecular weight excluding hydrogens is 423 g/mol. The van der Waals surface area contributed by atoms with Crippen molar-refractivity contribution >= 4 is 41.9 Å². The van der Waals surface area contributed by atoms with Gasteiger partial charge >= 0.3 is 6.09 Å². The van der Waals surface area contributed by atoms with E-state index in [0.717, 1.165) is 61.2 Å². The molecule has 0 aliphatic heterocycles. The number of nitrogens with zero attached hydrogens (tertiary/aromatic N) is 1. The summed E-state index contributed by atoms with van der Waals surface area (Å²) in [6, 6.07) is 17.7. The maximum Gasteiger partial charge on any atom is 0.407 e. The molecule has 2 aromatic carbocycles. The fourth-order valence-corrected chi connectivity index (χ4v) is 2.99. The van der Waals surface area contributed by atoms with Gasteiger partial charge in [-0.3, -0.25) is 0 Å². The minimum absolute atomic E-state index is 0. The molecule has 0 fully saturated rings. The number of benzene rings is 2. The molecule has 0 aliphatic carbocycles. The molecule has 0 saturated carbocycles. The number of halogens is 2. The Morgan fingerprint density at radius 2 is 1.60 bits per heavy atom. The molecule has 0 radical (unpaired) electrons. The van der Waals surface area contributed by atoms with Gasteiger partial charge in [0.05, 0.1) is 17.6 Å². The van der Waals surface area contributed by atoms with Crippen LogP contribution in [0, 0.1) is 0 Å². The predicted octanol–water partition coefficient (Wildman–Crippen LogP) is 4.98. The Labute approximate surface area is 190 Å². The smallest absolute Gasteiger partial charge is 0.407 e. The highest BCUT2D eigenvalue weighted by molar-refractivity contribution is 5.85. The maximum atomic E-state index is 11.6. The standard InChI is InChI=1S/C22H28N4O2.2ClH/c27-22(28-17-18-10-4-3-5-11-18)24-15-9-2-1-8-14-23-16-21-25-19-12-6-7-13-20(19)26-21;;/h3-7,10-13,23H,1-2,8-9,14-17H2,(H,24,27)(H,25,26);2*1H. The van der Waals surface area contributed by atoms with E-state index in [9.17, 15) is 4.79 Å². The van der Waals surface area contributed by atoms with Gasteiger partial charge in [0.2, 0.25) is 0 Å². The Morgan fingerprint density at radius 1 is 0.900 bits per heavy atom. The van der Waals surface area contributed by atoms with Crippen molar-refractivity contribution in [3.05, 3.63) is 66.0 Å². The topological polar surface area (TPSA) is 79.0 Å². The number of ether oxygens (including phenoxy) is 1. The van der Waals surface area contributed by atoms with Crippen LogP contribution in [0.1, 0.15) is 37.1 Å². The van der Waals surface area contributed by atoms with Crippen molar-refractivity contribution in [2.24, 2.45) is 0 Å². The number of H-pyrrole nitrogens is 1. The monoisotopic (exact) mass is 452 g/mol. The van der Waals surface area contributed by atoms with Crippen LogP contribution in [-0.2, 0) is 17.9 Å². The summed E-state index contributed by atoms with van der Waals surface area (Å²) in [5.74, 6) is 0.972. The Balaban J connectivity index is 0.00000225.